The summed E-state index contributed by atoms with van der Waals surface area (Å²) in [5.41, 5.74) is 0.876. The van der Waals surface area contributed by atoms with Crippen LogP contribution in [0.1, 0.15) is 19.3 Å². The lowest BCUT2D eigenvalue weighted by Crippen LogP contribution is -2.31. The van der Waals surface area contributed by atoms with Crippen molar-refractivity contribution in [1.82, 2.24) is 5.32 Å². The minimum absolute atomic E-state index is 0.0585. The van der Waals surface area contributed by atoms with Crippen LogP contribution in [-0.4, -0.2) is 32.0 Å². The molecule has 6 heteroatoms. The highest BCUT2D eigenvalue weighted by Gasteiger charge is 2.57. The summed E-state index contributed by atoms with van der Waals surface area (Å²) in [6.07, 6.45) is 0.600. The summed E-state index contributed by atoms with van der Waals surface area (Å²) in [6.45, 7) is 1.35. The maximum Gasteiger partial charge on any atom is 0.272 e. The molecule has 0 bridgehead atoms. The minimum atomic E-state index is -2.49. The Kier molecular flexibility index (Phi) is 4.29. The molecule has 1 aromatic rings. The van der Waals surface area contributed by atoms with Gasteiger partial charge in [-0.25, -0.2) is 8.78 Å². The standard InChI is InChI=1S/C16H20F2N2O2/c17-14(18)10-22-12-3-1-11(2-4-12)20-15(21)13-9-16(13)5-7-19-8-6-16/h1-4,13-14,19H,5-10H2,(H,20,21). The molecule has 1 aliphatic heterocycles. The summed E-state index contributed by atoms with van der Waals surface area (Å²) in [7, 11) is 0. The Morgan fingerprint density at radius 1 is 1.32 bits per heavy atom. The topological polar surface area (TPSA) is 50.4 Å². The molecule has 2 N–H and O–H groups in total. The molecular weight excluding hydrogens is 290 g/mol. The zero-order chi connectivity index (χ0) is 15.6. The van der Waals surface area contributed by atoms with Crippen LogP contribution < -0.4 is 15.4 Å². The SMILES string of the molecule is O=C(Nc1ccc(OCC(F)F)cc1)C1CC12CCNCC2. The number of rotatable bonds is 5. The first-order chi connectivity index (χ1) is 10.6. The van der Waals surface area contributed by atoms with Gasteiger partial charge in [-0.3, -0.25) is 4.79 Å². The van der Waals surface area contributed by atoms with E-state index < -0.39 is 13.0 Å². The van der Waals surface area contributed by atoms with Gasteiger partial charge in [-0.05, 0) is 62.0 Å². The lowest BCUT2D eigenvalue weighted by atomic mass is 9.92. The number of nitrogens with one attached hydrogen (secondary N) is 2. The van der Waals surface area contributed by atoms with Crippen molar-refractivity contribution in [3.63, 3.8) is 0 Å². The highest BCUT2D eigenvalue weighted by atomic mass is 19.3. The molecule has 1 aliphatic carbocycles. The molecule has 0 radical (unpaired) electrons. The average molecular weight is 310 g/mol. The predicted octanol–water partition coefficient (Wildman–Crippen LogP) is 2.66. The zero-order valence-electron chi connectivity index (χ0n) is 12.3. The fourth-order valence-electron chi connectivity index (χ4n) is 3.22. The van der Waals surface area contributed by atoms with Crippen molar-refractivity contribution in [2.45, 2.75) is 25.7 Å². The predicted molar refractivity (Wildman–Crippen MR) is 79.2 cm³/mol. The molecule has 1 saturated heterocycles. The van der Waals surface area contributed by atoms with Crippen molar-refractivity contribution in [2.24, 2.45) is 11.3 Å². The van der Waals surface area contributed by atoms with Crippen LogP contribution in [0.2, 0.25) is 0 Å². The van der Waals surface area contributed by atoms with Crippen LogP contribution in [0.25, 0.3) is 0 Å². The van der Waals surface area contributed by atoms with Crippen molar-refractivity contribution >= 4 is 11.6 Å². The number of ether oxygens (including phenoxy) is 1. The Morgan fingerprint density at radius 2 is 2.00 bits per heavy atom. The molecule has 1 aromatic carbocycles. The summed E-state index contributed by atoms with van der Waals surface area (Å²) in [5.74, 6) is 0.534. The number of amides is 1. The lowest BCUT2D eigenvalue weighted by molar-refractivity contribution is -0.118. The number of benzene rings is 1. The van der Waals surface area contributed by atoms with Gasteiger partial charge in [-0.15, -0.1) is 0 Å². The van der Waals surface area contributed by atoms with Crippen LogP contribution in [0.4, 0.5) is 14.5 Å². The molecule has 2 fully saturated rings. The Hall–Kier alpha value is -1.69. The molecule has 120 valence electrons. The number of hydrogen-bond donors (Lipinski definition) is 2. The normalized spacial score (nSPS) is 22.6. The Labute approximate surface area is 128 Å². The number of hydrogen-bond acceptors (Lipinski definition) is 3. The number of carbonyl (C=O) groups excluding carboxylic acids is 1. The molecule has 3 rings (SSSR count). The van der Waals surface area contributed by atoms with E-state index in [0.717, 1.165) is 32.4 Å². The first-order valence-corrected chi connectivity index (χ1v) is 7.62. The number of halogens is 2. The largest absolute Gasteiger partial charge is 0.488 e. The van der Waals surface area contributed by atoms with Crippen LogP contribution in [0.3, 0.4) is 0 Å². The monoisotopic (exact) mass is 310 g/mol. The van der Waals surface area contributed by atoms with E-state index in [1.807, 2.05) is 0 Å². The van der Waals surface area contributed by atoms with E-state index in [0.29, 0.717) is 11.4 Å². The molecule has 1 atom stereocenters. The molecule has 22 heavy (non-hydrogen) atoms. The van der Waals surface area contributed by atoms with Crippen molar-refractivity contribution in [2.75, 3.05) is 25.0 Å². The van der Waals surface area contributed by atoms with Crippen LogP contribution in [0.15, 0.2) is 24.3 Å². The van der Waals surface area contributed by atoms with Gasteiger partial charge in [-0.1, -0.05) is 0 Å². The number of piperidine rings is 1. The molecule has 1 amide bonds. The third-order valence-electron chi connectivity index (χ3n) is 4.60. The van der Waals surface area contributed by atoms with Gasteiger partial charge in [0.25, 0.3) is 6.43 Å². The van der Waals surface area contributed by atoms with Gasteiger partial charge in [0.05, 0.1) is 0 Å². The fraction of sp³-hybridized carbons (Fsp3) is 0.562. The van der Waals surface area contributed by atoms with Crippen molar-refractivity contribution in [1.29, 1.82) is 0 Å². The van der Waals surface area contributed by atoms with E-state index in [2.05, 4.69) is 10.6 Å². The molecule has 1 spiro atoms. The summed E-state index contributed by atoms with van der Waals surface area (Å²) in [5, 5.41) is 6.22. The molecular formula is C16H20F2N2O2. The fourth-order valence-corrected chi connectivity index (χ4v) is 3.22. The summed E-state index contributed by atoms with van der Waals surface area (Å²) < 4.78 is 29.0. The molecule has 2 aliphatic rings. The third kappa shape index (κ3) is 3.38. The molecule has 1 heterocycles. The second-order valence-electron chi connectivity index (χ2n) is 6.08. The van der Waals surface area contributed by atoms with E-state index in [-0.39, 0.29) is 17.2 Å². The second-order valence-corrected chi connectivity index (χ2v) is 6.08. The van der Waals surface area contributed by atoms with Gasteiger partial charge in [-0.2, -0.15) is 0 Å². The van der Waals surface area contributed by atoms with Gasteiger partial charge in [0.1, 0.15) is 12.4 Å². The lowest BCUT2D eigenvalue weighted by Gasteiger charge is -2.23. The van der Waals surface area contributed by atoms with Gasteiger partial charge in [0.2, 0.25) is 5.91 Å². The maximum absolute atomic E-state index is 12.3. The smallest absolute Gasteiger partial charge is 0.272 e. The molecule has 0 aromatic heterocycles. The van der Waals surface area contributed by atoms with Gasteiger partial charge in [0, 0.05) is 11.6 Å². The highest BCUT2D eigenvalue weighted by Crippen LogP contribution is 2.58. The Morgan fingerprint density at radius 3 is 2.64 bits per heavy atom. The van der Waals surface area contributed by atoms with Crippen molar-refractivity contribution < 1.29 is 18.3 Å². The van der Waals surface area contributed by atoms with Crippen molar-refractivity contribution in [3.8, 4) is 5.75 Å². The van der Waals surface area contributed by atoms with E-state index in [1.54, 1.807) is 24.3 Å². The first-order valence-electron chi connectivity index (χ1n) is 7.62. The first kappa shape index (κ1) is 15.2. The van der Waals surface area contributed by atoms with E-state index >= 15 is 0 Å². The van der Waals surface area contributed by atoms with Crippen LogP contribution in [0, 0.1) is 11.3 Å². The van der Waals surface area contributed by atoms with Gasteiger partial charge >= 0.3 is 0 Å². The van der Waals surface area contributed by atoms with Gasteiger partial charge < -0.3 is 15.4 Å². The van der Waals surface area contributed by atoms with Crippen LogP contribution in [0.5, 0.6) is 5.75 Å². The average Bonchev–Trinajstić information content (AvgIpc) is 3.20. The van der Waals surface area contributed by atoms with Crippen LogP contribution in [-0.2, 0) is 4.79 Å². The Bertz CT molecular complexity index is 527. The summed E-state index contributed by atoms with van der Waals surface area (Å²) in [4.78, 5) is 12.3. The number of anilines is 1. The molecule has 1 saturated carbocycles. The van der Waals surface area contributed by atoms with Gasteiger partial charge in [0.15, 0.2) is 0 Å². The van der Waals surface area contributed by atoms with Crippen LogP contribution >= 0.6 is 0 Å². The minimum Gasteiger partial charge on any atom is -0.488 e. The number of alkyl halides is 2. The maximum atomic E-state index is 12.3. The summed E-state index contributed by atoms with van der Waals surface area (Å²) >= 11 is 0. The summed E-state index contributed by atoms with van der Waals surface area (Å²) in [6, 6.07) is 6.53. The highest BCUT2D eigenvalue weighted by molar-refractivity contribution is 5.95. The van der Waals surface area contributed by atoms with E-state index in [4.69, 9.17) is 4.74 Å². The quantitative estimate of drug-likeness (QED) is 0.879. The Balaban J connectivity index is 1.52. The molecule has 4 nitrogen and oxygen atoms in total. The number of carbonyl (C=O) groups is 1. The zero-order valence-corrected chi connectivity index (χ0v) is 12.3. The van der Waals surface area contributed by atoms with Crippen molar-refractivity contribution in [3.05, 3.63) is 24.3 Å². The third-order valence-corrected chi connectivity index (χ3v) is 4.60. The van der Waals surface area contributed by atoms with E-state index in [9.17, 15) is 13.6 Å². The second kappa shape index (κ2) is 6.20. The van der Waals surface area contributed by atoms with E-state index in [1.165, 1.54) is 0 Å². The molecule has 1 unspecified atom stereocenters.